The van der Waals surface area contributed by atoms with Crippen molar-refractivity contribution in [2.75, 3.05) is 27.4 Å². The minimum absolute atomic E-state index is 0.0353. The smallest absolute Gasteiger partial charge is 0.297 e. The van der Waals surface area contributed by atoms with Crippen LogP contribution in [0.3, 0.4) is 0 Å². The monoisotopic (exact) mass is 702 g/mol. The molecule has 0 bridgehead atoms. The second-order valence-corrected chi connectivity index (χ2v) is 13.1. The Morgan fingerprint density at radius 3 is 1.65 bits per heavy atom. The lowest BCUT2D eigenvalue weighted by atomic mass is 9.80. The fourth-order valence-corrected chi connectivity index (χ4v) is 6.25. The molecule has 0 N–H and O–H groups in total. The second kappa shape index (κ2) is 15.0. The van der Waals surface area contributed by atoms with Crippen LogP contribution in [0, 0.1) is 6.92 Å². The Bertz CT molecular complexity index is 1740. The summed E-state index contributed by atoms with van der Waals surface area (Å²) in [6.07, 6.45) is -0.819. The van der Waals surface area contributed by atoms with Crippen LogP contribution in [0.2, 0.25) is 0 Å². The van der Waals surface area contributed by atoms with Crippen molar-refractivity contribution in [1.29, 1.82) is 0 Å². The fourth-order valence-electron chi connectivity index (χ4n) is 5.05. The molecule has 9 heteroatoms. The van der Waals surface area contributed by atoms with Crippen molar-refractivity contribution in [2.45, 2.75) is 23.5 Å². The normalized spacial score (nSPS) is 12.3. The van der Waals surface area contributed by atoms with E-state index in [1.54, 1.807) is 38.5 Å². The molecule has 0 spiro atoms. The lowest BCUT2D eigenvalue weighted by molar-refractivity contribution is -0.0405. The highest BCUT2D eigenvalue weighted by atomic mass is 79.9. The minimum atomic E-state index is -4.07. The van der Waals surface area contributed by atoms with Crippen molar-refractivity contribution in [3.05, 3.63) is 154 Å². The van der Waals surface area contributed by atoms with Crippen LogP contribution in [0.5, 0.6) is 17.2 Å². The first-order valence-corrected chi connectivity index (χ1v) is 16.8. The first-order valence-electron chi connectivity index (χ1n) is 14.6. The lowest BCUT2D eigenvalue weighted by Gasteiger charge is -2.37. The number of rotatable bonds is 14. The van der Waals surface area contributed by atoms with Gasteiger partial charge in [-0.05, 0) is 84.3 Å². The van der Waals surface area contributed by atoms with Gasteiger partial charge in [0, 0.05) is 4.47 Å². The molecule has 5 aromatic rings. The van der Waals surface area contributed by atoms with Crippen LogP contribution in [-0.4, -0.2) is 42.0 Å². The third-order valence-electron chi connectivity index (χ3n) is 7.49. The van der Waals surface area contributed by atoms with Crippen molar-refractivity contribution in [1.82, 2.24) is 0 Å². The molecule has 0 heterocycles. The Kier molecular flexibility index (Phi) is 10.8. The maximum absolute atomic E-state index is 13.2. The molecule has 5 aromatic carbocycles. The number of aryl methyl sites for hydroxylation is 1. The highest BCUT2D eigenvalue weighted by Gasteiger charge is 2.39. The summed E-state index contributed by atoms with van der Waals surface area (Å²) in [4.78, 5) is 0.0662. The molecule has 0 aliphatic rings. The summed E-state index contributed by atoms with van der Waals surface area (Å²) in [5.74, 6) is 1.94. The average molecular weight is 704 g/mol. The van der Waals surface area contributed by atoms with Gasteiger partial charge in [-0.25, -0.2) is 0 Å². The summed E-state index contributed by atoms with van der Waals surface area (Å²) in [5, 5.41) is 0. The molecule has 0 aliphatic carbocycles. The van der Waals surface area contributed by atoms with Crippen molar-refractivity contribution in [3.63, 3.8) is 0 Å². The van der Waals surface area contributed by atoms with Crippen LogP contribution in [-0.2, 0) is 24.6 Å². The van der Waals surface area contributed by atoms with E-state index >= 15 is 0 Å². The van der Waals surface area contributed by atoms with E-state index in [9.17, 15) is 8.42 Å². The molecule has 0 aromatic heterocycles. The number of benzene rings is 5. The molecule has 7 nitrogen and oxygen atoms in total. The number of methoxy groups -OCH3 is 2. The van der Waals surface area contributed by atoms with Gasteiger partial charge >= 0.3 is 0 Å². The quantitative estimate of drug-likeness (QED) is 0.0859. The van der Waals surface area contributed by atoms with Crippen molar-refractivity contribution in [2.24, 2.45) is 0 Å². The molecule has 0 amide bonds. The summed E-state index contributed by atoms with van der Waals surface area (Å²) in [5.41, 5.74) is 2.34. The Morgan fingerprint density at radius 2 is 1.13 bits per heavy atom. The standard InChI is InChI=1S/C37H35BrO7S/c1-27-9-23-36(24-10-27)46(39,40)44-26-35(45-34-21-15-31(38)16-22-34)25-43-37(28-7-5-4-6-8-28,29-11-17-32(41-2)18-12-29)30-13-19-33(42-3)20-14-30/h4-24,35H,25-26H2,1-3H3. The molecular weight excluding hydrogens is 668 g/mol. The molecule has 1 unspecified atom stereocenters. The lowest BCUT2D eigenvalue weighted by Crippen LogP contribution is -2.39. The van der Waals surface area contributed by atoms with Gasteiger partial charge in [0.05, 0.1) is 25.7 Å². The molecule has 0 radical (unpaired) electrons. The zero-order valence-electron chi connectivity index (χ0n) is 25.8. The van der Waals surface area contributed by atoms with Gasteiger partial charge in [-0.2, -0.15) is 8.42 Å². The van der Waals surface area contributed by atoms with Gasteiger partial charge in [-0.1, -0.05) is 88.2 Å². The van der Waals surface area contributed by atoms with Crippen LogP contribution >= 0.6 is 15.9 Å². The predicted molar refractivity (Wildman–Crippen MR) is 181 cm³/mol. The minimum Gasteiger partial charge on any atom is -0.497 e. The van der Waals surface area contributed by atoms with E-state index in [1.807, 2.05) is 97.9 Å². The van der Waals surface area contributed by atoms with Gasteiger partial charge in [-0.3, -0.25) is 4.18 Å². The molecule has 1 atom stereocenters. The van der Waals surface area contributed by atoms with E-state index in [1.165, 1.54) is 12.1 Å². The summed E-state index contributed by atoms with van der Waals surface area (Å²) >= 11 is 3.45. The summed E-state index contributed by atoms with van der Waals surface area (Å²) in [6.45, 7) is 1.57. The Labute approximate surface area is 278 Å². The highest BCUT2D eigenvalue weighted by Crippen LogP contribution is 2.42. The Morgan fingerprint density at radius 1 is 0.630 bits per heavy atom. The number of halogens is 1. The van der Waals surface area contributed by atoms with Gasteiger partial charge in [0.2, 0.25) is 0 Å². The number of hydrogen-bond donors (Lipinski definition) is 0. The molecule has 46 heavy (non-hydrogen) atoms. The van der Waals surface area contributed by atoms with Crippen LogP contribution in [0.1, 0.15) is 22.3 Å². The van der Waals surface area contributed by atoms with Crippen molar-refractivity contribution >= 4 is 26.0 Å². The summed E-state index contributed by atoms with van der Waals surface area (Å²) in [7, 11) is -0.829. The van der Waals surface area contributed by atoms with E-state index in [0.717, 1.165) is 26.7 Å². The molecule has 0 aliphatic heterocycles. The van der Waals surface area contributed by atoms with E-state index < -0.39 is 21.8 Å². The summed E-state index contributed by atoms with van der Waals surface area (Å²) in [6, 6.07) is 39.0. The van der Waals surface area contributed by atoms with E-state index in [-0.39, 0.29) is 18.1 Å². The number of ether oxygens (including phenoxy) is 4. The molecule has 238 valence electrons. The summed E-state index contributed by atoms with van der Waals surface area (Å²) < 4.78 is 57.0. The largest absolute Gasteiger partial charge is 0.497 e. The van der Waals surface area contributed by atoms with Crippen LogP contribution in [0.25, 0.3) is 0 Å². The first-order chi connectivity index (χ1) is 22.2. The second-order valence-electron chi connectivity index (χ2n) is 10.6. The zero-order valence-corrected chi connectivity index (χ0v) is 28.2. The van der Waals surface area contributed by atoms with E-state index in [0.29, 0.717) is 17.2 Å². The van der Waals surface area contributed by atoms with Gasteiger partial charge in [0.15, 0.2) is 0 Å². The predicted octanol–water partition coefficient (Wildman–Crippen LogP) is 7.94. The maximum atomic E-state index is 13.2. The van der Waals surface area contributed by atoms with Gasteiger partial charge in [0.25, 0.3) is 10.1 Å². The van der Waals surface area contributed by atoms with Gasteiger partial charge in [-0.15, -0.1) is 0 Å². The first kappa shape index (κ1) is 33.2. The Balaban J connectivity index is 1.55. The van der Waals surface area contributed by atoms with Gasteiger partial charge < -0.3 is 18.9 Å². The zero-order chi connectivity index (χ0) is 32.6. The van der Waals surface area contributed by atoms with E-state index in [4.69, 9.17) is 23.1 Å². The fraction of sp³-hybridized carbons (Fsp3) is 0.189. The van der Waals surface area contributed by atoms with E-state index in [2.05, 4.69) is 15.9 Å². The third kappa shape index (κ3) is 7.79. The van der Waals surface area contributed by atoms with Crippen molar-refractivity contribution in [3.8, 4) is 17.2 Å². The molecule has 0 fully saturated rings. The SMILES string of the molecule is COc1ccc(C(OCC(COS(=O)(=O)c2ccc(C)cc2)Oc2ccc(Br)cc2)(c2ccccc2)c2ccc(OC)cc2)cc1. The highest BCUT2D eigenvalue weighted by molar-refractivity contribution is 9.10. The molecule has 0 saturated carbocycles. The molecule has 5 rings (SSSR count). The molecule has 0 saturated heterocycles. The molecular formula is C37H35BrO7S. The van der Waals surface area contributed by atoms with Crippen LogP contribution in [0.15, 0.2) is 137 Å². The topological polar surface area (TPSA) is 80.3 Å². The maximum Gasteiger partial charge on any atom is 0.297 e. The third-order valence-corrected chi connectivity index (χ3v) is 9.32. The van der Waals surface area contributed by atoms with Gasteiger partial charge in [0.1, 0.15) is 35.6 Å². The Hall–Kier alpha value is -4.15. The average Bonchev–Trinajstić information content (AvgIpc) is 3.09. The van der Waals surface area contributed by atoms with Crippen LogP contribution in [0.4, 0.5) is 0 Å². The number of hydrogen-bond acceptors (Lipinski definition) is 7. The van der Waals surface area contributed by atoms with Crippen LogP contribution < -0.4 is 14.2 Å². The van der Waals surface area contributed by atoms with Crippen molar-refractivity contribution < 1.29 is 31.5 Å².